The second-order valence-electron chi connectivity index (χ2n) is 9.29. The van der Waals surface area contributed by atoms with Gasteiger partial charge < -0.3 is 28.0 Å². The minimum Gasteiger partial charge on any atom is -0.508 e. The van der Waals surface area contributed by atoms with E-state index in [1.165, 1.54) is 16.7 Å². The number of nitrogens with zero attached hydrogens (tertiary/aromatic N) is 3. The molecule has 2 fully saturated rings. The zero-order valence-corrected chi connectivity index (χ0v) is 21.3. The third-order valence-electron chi connectivity index (χ3n) is 7.22. The number of hydrogen-bond acceptors (Lipinski definition) is 7. The van der Waals surface area contributed by atoms with E-state index in [2.05, 4.69) is 34.0 Å². The van der Waals surface area contributed by atoms with Gasteiger partial charge in [-0.25, -0.2) is 9.97 Å². The second-order valence-corrected chi connectivity index (χ2v) is 9.65. The minimum absolute atomic E-state index is 0. The molecule has 9 N–H and O–H groups in total. The molecule has 1 aromatic carbocycles. The van der Waals surface area contributed by atoms with Crippen molar-refractivity contribution in [2.24, 2.45) is 27.8 Å². The summed E-state index contributed by atoms with van der Waals surface area (Å²) in [5.41, 5.74) is 24.5. The van der Waals surface area contributed by atoms with Crippen LogP contribution in [0.4, 0.5) is 11.6 Å². The normalized spacial score (nSPS) is 23.5. The van der Waals surface area contributed by atoms with Gasteiger partial charge in [-0.3, -0.25) is 9.59 Å². The molecule has 3 aliphatic carbocycles. The Labute approximate surface area is 219 Å². The molecule has 36 heavy (non-hydrogen) atoms. The number of benzene rings is 1. The number of carbonyl (C=O) groups excluding carboxylic acids is 2. The number of hydrogen-bond donors (Lipinski definition) is 5. The van der Waals surface area contributed by atoms with Crippen LogP contribution in [0.15, 0.2) is 34.8 Å². The number of amides is 1. The number of carbonyl (C=O) groups is 2. The molecule has 5 rings (SSSR count). The molecule has 1 amide bonds. The number of aliphatic imine (C=N–C) groups is 1. The predicted molar refractivity (Wildman–Crippen MR) is 141 cm³/mol. The van der Waals surface area contributed by atoms with Crippen molar-refractivity contribution < 1.29 is 14.7 Å². The minimum atomic E-state index is -0.832. The van der Waals surface area contributed by atoms with E-state index >= 15 is 0 Å². The average molecular weight is 534 g/mol. The SMILES string of the molecule is CC12CCC3C(=CCc4cc(O)ccc43)C1CCC2=O.Cl.NC(N)=NC(=O)c1nc(Cl)c(N)nc1N. The van der Waals surface area contributed by atoms with Crippen LogP contribution in [-0.2, 0) is 11.2 Å². The van der Waals surface area contributed by atoms with Gasteiger partial charge in [-0.15, -0.1) is 12.4 Å². The van der Waals surface area contributed by atoms with Crippen LogP contribution < -0.4 is 22.9 Å². The fourth-order valence-corrected chi connectivity index (χ4v) is 5.63. The molecule has 192 valence electrons. The second kappa shape index (κ2) is 10.3. The number of nitrogens with two attached hydrogens (primary N) is 4. The van der Waals surface area contributed by atoms with Crippen LogP contribution in [0, 0.1) is 11.3 Å². The maximum Gasteiger partial charge on any atom is 0.302 e. The molecule has 10 nitrogen and oxygen atoms in total. The Hall–Kier alpha value is -3.37. The first-order chi connectivity index (χ1) is 16.5. The Morgan fingerprint density at radius 2 is 1.92 bits per heavy atom. The van der Waals surface area contributed by atoms with Crippen molar-refractivity contribution in [3.8, 4) is 5.75 Å². The Bertz CT molecular complexity index is 1280. The summed E-state index contributed by atoms with van der Waals surface area (Å²) >= 11 is 5.55. The first-order valence-electron chi connectivity index (χ1n) is 11.3. The summed E-state index contributed by atoms with van der Waals surface area (Å²) in [5.74, 6) is 0.257. The van der Waals surface area contributed by atoms with E-state index in [9.17, 15) is 14.7 Å². The highest BCUT2D eigenvalue weighted by Crippen LogP contribution is 2.57. The number of phenolic OH excluding ortho intramolecular Hbond substituents is 1. The van der Waals surface area contributed by atoms with Gasteiger partial charge in [0.25, 0.3) is 0 Å². The van der Waals surface area contributed by atoms with E-state index in [1.54, 1.807) is 6.07 Å². The standard InChI is InChI=1S/C18H20O2.C6H8ClN7O.ClH/c1-18-9-8-14-13-5-3-12(19)10-11(13)2-4-15(14)16(18)6-7-17(18)20;7-2-4(9)13-3(8)1(12-2)5(15)14-6(10)11;/h3-5,10,14,16,19H,2,6-9H2,1H3;(H4,8,9,13)(H4,10,11,14,15);1H. The lowest BCUT2D eigenvalue weighted by atomic mass is 9.60. The summed E-state index contributed by atoms with van der Waals surface area (Å²) in [5, 5.41) is 9.50. The molecule has 12 heteroatoms. The number of allylic oxidation sites excluding steroid dienone is 2. The molecule has 2 aromatic rings. The molecule has 0 saturated heterocycles. The van der Waals surface area contributed by atoms with Gasteiger partial charge in [-0.1, -0.05) is 36.2 Å². The molecule has 2 saturated carbocycles. The first kappa shape index (κ1) is 27.2. The van der Waals surface area contributed by atoms with Crippen LogP contribution in [0.2, 0.25) is 5.15 Å². The molecule has 1 aromatic heterocycles. The largest absolute Gasteiger partial charge is 0.508 e. The fraction of sp³-hybridized carbons (Fsp3) is 0.375. The number of aromatic hydroxyl groups is 1. The van der Waals surface area contributed by atoms with E-state index in [-0.39, 0.29) is 40.3 Å². The zero-order valence-electron chi connectivity index (χ0n) is 19.7. The number of phenols is 1. The molecule has 3 unspecified atom stereocenters. The van der Waals surface area contributed by atoms with Gasteiger partial charge in [-0.2, -0.15) is 4.99 Å². The Morgan fingerprint density at radius 3 is 2.61 bits per heavy atom. The van der Waals surface area contributed by atoms with Crippen LogP contribution in [-0.4, -0.2) is 32.7 Å². The van der Waals surface area contributed by atoms with Gasteiger partial charge in [0.15, 0.2) is 28.4 Å². The van der Waals surface area contributed by atoms with Gasteiger partial charge >= 0.3 is 5.91 Å². The lowest BCUT2D eigenvalue weighted by Crippen LogP contribution is -2.37. The highest BCUT2D eigenvalue weighted by molar-refractivity contribution is 6.31. The lowest BCUT2D eigenvalue weighted by molar-refractivity contribution is -0.126. The molecular formula is C24H29Cl2N7O3. The molecule has 3 atom stereocenters. The number of Topliss-reactive ketones (excluding diaryl/α,β-unsaturated/α-hetero) is 1. The smallest absolute Gasteiger partial charge is 0.302 e. The van der Waals surface area contributed by atoms with Gasteiger partial charge in [0.1, 0.15) is 11.5 Å². The summed E-state index contributed by atoms with van der Waals surface area (Å²) in [7, 11) is 0. The van der Waals surface area contributed by atoms with Crippen molar-refractivity contribution in [3.63, 3.8) is 0 Å². The number of anilines is 2. The molecule has 0 bridgehead atoms. The first-order valence-corrected chi connectivity index (χ1v) is 11.7. The van der Waals surface area contributed by atoms with Gasteiger partial charge in [0, 0.05) is 17.8 Å². The summed E-state index contributed by atoms with van der Waals surface area (Å²) in [4.78, 5) is 34.0. The molecule has 3 aliphatic rings. The highest BCUT2D eigenvalue weighted by atomic mass is 35.5. The van der Waals surface area contributed by atoms with Crippen molar-refractivity contribution in [1.82, 2.24) is 9.97 Å². The van der Waals surface area contributed by atoms with Crippen LogP contribution >= 0.6 is 24.0 Å². The third kappa shape index (κ3) is 4.96. The van der Waals surface area contributed by atoms with Crippen molar-refractivity contribution in [1.29, 1.82) is 0 Å². The number of rotatable bonds is 1. The summed E-state index contributed by atoms with van der Waals surface area (Å²) in [6.45, 7) is 2.18. The van der Waals surface area contributed by atoms with Gasteiger partial charge in [0.05, 0.1) is 0 Å². The fourth-order valence-electron chi connectivity index (χ4n) is 5.50. The molecule has 0 aliphatic heterocycles. The highest BCUT2D eigenvalue weighted by Gasteiger charge is 2.52. The van der Waals surface area contributed by atoms with E-state index in [0.29, 0.717) is 23.4 Å². The van der Waals surface area contributed by atoms with E-state index in [4.69, 9.17) is 34.5 Å². The third-order valence-corrected chi connectivity index (χ3v) is 7.50. The number of fused-ring (bicyclic) bond motifs is 5. The van der Waals surface area contributed by atoms with E-state index in [1.807, 2.05) is 6.07 Å². The Balaban J connectivity index is 0.000000204. The number of ketones is 1. The summed E-state index contributed by atoms with van der Waals surface area (Å²) in [6, 6.07) is 5.79. The summed E-state index contributed by atoms with van der Waals surface area (Å²) < 4.78 is 0. The predicted octanol–water partition coefficient (Wildman–Crippen LogP) is 2.87. The van der Waals surface area contributed by atoms with Gasteiger partial charge in [-0.05, 0) is 54.9 Å². The van der Waals surface area contributed by atoms with Crippen LogP contribution in [0.5, 0.6) is 5.75 Å². The monoisotopic (exact) mass is 533 g/mol. The molecule has 1 heterocycles. The van der Waals surface area contributed by atoms with Crippen LogP contribution in [0.3, 0.4) is 0 Å². The van der Waals surface area contributed by atoms with E-state index in [0.717, 1.165) is 32.1 Å². The Kier molecular flexibility index (Phi) is 7.80. The molecular weight excluding hydrogens is 505 g/mol. The number of aromatic nitrogens is 2. The van der Waals surface area contributed by atoms with Crippen LogP contribution in [0.1, 0.15) is 60.1 Å². The number of nitrogen functional groups attached to an aromatic ring is 2. The van der Waals surface area contributed by atoms with Crippen LogP contribution in [0.25, 0.3) is 0 Å². The maximum absolute atomic E-state index is 12.2. The van der Waals surface area contributed by atoms with Crippen molar-refractivity contribution in [3.05, 3.63) is 51.8 Å². The molecule has 0 spiro atoms. The van der Waals surface area contributed by atoms with Crippen molar-refractivity contribution in [2.75, 3.05) is 11.5 Å². The van der Waals surface area contributed by atoms with Crippen molar-refractivity contribution >= 4 is 53.3 Å². The maximum atomic E-state index is 12.2. The van der Waals surface area contributed by atoms with Crippen molar-refractivity contribution in [2.45, 2.75) is 44.9 Å². The van der Waals surface area contributed by atoms with Gasteiger partial charge in [0.2, 0.25) is 0 Å². The zero-order chi connectivity index (χ0) is 25.5. The summed E-state index contributed by atoms with van der Waals surface area (Å²) in [6.07, 6.45) is 7.11. The number of guanidine groups is 1. The quantitative estimate of drug-likeness (QED) is 0.207. The average Bonchev–Trinajstić information content (AvgIpc) is 3.10. The lowest BCUT2D eigenvalue weighted by Gasteiger charge is -2.43. The molecule has 0 radical (unpaired) electrons. The van der Waals surface area contributed by atoms with E-state index < -0.39 is 11.9 Å². The number of halogens is 2. The Morgan fingerprint density at radius 1 is 1.19 bits per heavy atom. The topological polar surface area (TPSA) is 197 Å².